The number of aliphatic carboxylic acids is 3. The first-order valence-electron chi connectivity index (χ1n) is 3.31. The second-order valence-corrected chi connectivity index (χ2v) is 2.48. The molecule has 0 amide bonds. The summed E-state index contributed by atoms with van der Waals surface area (Å²) >= 11 is 2.31. The van der Waals surface area contributed by atoms with Gasteiger partial charge in [0.2, 0.25) is 0 Å². The Morgan fingerprint density at radius 1 is 0.933 bits per heavy atom. The molecule has 8 nitrogen and oxygen atoms in total. The molecule has 0 rings (SSSR count). The number of rotatable bonds is 5. The van der Waals surface area contributed by atoms with Crippen molar-refractivity contribution in [1.82, 2.24) is 0 Å². The van der Waals surface area contributed by atoms with Gasteiger partial charge in [0.15, 0.2) is 5.60 Å². The van der Waals surface area contributed by atoms with Crippen LogP contribution in [0.25, 0.3) is 0 Å². The van der Waals surface area contributed by atoms with Crippen LogP contribution >= 0.6 is 0 Å². The van der Waals surface area contributed by atoms with Gasteiger partial charge in [-0.05, 0) is 0 Å². The molecule has 0 radical (unpaired) electrons. The summed E-state index contributed by atoms with van der Waals surface area (Å²) < 4.78 is 7.94. The molecule has 0 heterocycles. The van der Waals surface area contributed by atoms with E-state index in [2.05, 4.69) is 15.7 Å². The molecule has 9 heteroatoms. The third kappa shape index (κ3) is 6.71. The van der Waals surface area contributed by atoms with Gasteiger partial charge in [0, 0.05) is 0 Å². The Hall–Kier alpha value is -1.32. The first kappa shape index (κ1) is 16.1. The Kier molecular flexibility index (Phi) is 7.56. The third-order valence-electron chi connectivity index (χ3n) is 1.29. The number of aliphatic hydroxyl groups is 1. The predicted molar refractivity (Wildman–Crippen MR) is 37.8 cm³/mol. The summed E-state index contributed by atoms with van der Waals surface area (Å²) in [4.78, 5) is 30.5. The van der Waals surface area contributed by atoms with E-state index in [9.17, 15) is 14.4 Å². The Morgan fingerprint density at radius 3 is 1.33 bits per heavy atom. The van der Waals surface area contributed by atoms with Gasteiger partial charge in [-0.25, -0.2) is 4.79 Å². The van der Waals surface area contributed by atoms with Crippen molar-refractivity contribution in [3.8, 4) is 0 Å². The molecule has 0 aliphatic rings. The van der Waals surface area contributed by atoms with Gasteiger partial charge >= 0.3 is 37.4 Å². The van der Waals surface area contributed by atoms with E-state index >= 15 is 0 Å². The van der Waals surface area contributed by atoms with E-state index in [-0.39, 0.29) is 0 Å². The van der Waals surface area contributed by atoms with Crippen LogP contribution in [0.2, 0.25) is 0 Å². The van der Waals surface area contributed by atoms with E-state index in [0.29, 0.717) is 0 Å². The van der Waals surface area contributed by atoms with Crippen LogP contribution in [-0.2, 0) is 33.9 Å². The molecule has 0 aromatic rings. The van der Waals surface area contributed by atoms with Gasteiger partial charge in [-0.15, -0.1) is 0 Å². The van der Waals surface area contributed by atoms with Crippen LogP contribution in [0, 0.1) is 0 Å². The quantitative estimate of drug-likeness (QED) is 0.476. The molecule has 0 aliphatic heterocycles. The van der Waals surface area contributed by atoms with Crippen molar-refractivity contribution < 1.29 is 54.3 Å². The van der Waals surface area contributed by atoms with Crippen molar-refractivity contribution in [1.29, 1.82) is 0 Å². The van der Waals surface area contributed by atoms with Crippen LogP contribution in [0.3, 0.4) is 0 Å². The second-order valence-electron chi connectivity index (χ2n) is 2.48. The number of carboxylic acids is 3. The Labute approximate surface area is 91.3 Å². The molecular formula is C6H8CoO8. The van der Waals surface area contributed by atoms with Gasteiger partial charge < -0.3 is 20.4 Å². The first-order chi connectivity index (χ1) is 6.78. The van der Waals surface area contributed by atoms with Crippen molar-refractivity contribution in [3.63, 3.8) is 0 Å². The van der Waals surface area contributed by atoms with Gasteiger partial charge in [-0.1, -0.05) is 0 Å². The molecule has 0 spiro atoms. The monoisotopic (exact) mass is 267 g/mol. The number of carboxylic acid groups (broad SMARTS) is 3. The fourth-order valence-electron chi connectivity index (χ4n) is 0.714. The molecule has 0 bridgehead atoms. The predicted octanol–water partition coefficient (Wildman–Crippen LogP) is -1.37. The maximum absolute atomic E-state index is 10.3. The molecule has 0 saturated carbocycles. The molecule has 89 valence electrons. The molecule has 0 unspecified atom stereocenters. The Bertz CT molecular complexity index is 246. The molecule has 0 atom stereocenters. The molecule has 15 heavy (non-hydrogen) atoms. The fourth-order valence-corrected chi connectivity index (χ4v) is 0.714. The molecule has 0 aromatic heterocycles. The van der Waals surface area contributed by atoms with Crippen molar-refractivity contribution in [3.05, 3.63) is 0 Å². The molecule has 0 aliphatic carbocycles. The van der Waals surface area contributed by atoms with E-state index in [4.69, 9.17) is 24.3 Å². The zero-order valence-electron chi connectivity index (χ0n) is 7.17. The summed E-state index contributed by atoms with van der Waals surface area (Å²) in [6.07, 6.45) is -2.29. The average molecular weight is 267 g/mol. The summed E-state index contributed by atoms with van der Waals surface area (Å²) in [5.74, 6) is -5.02. The first-order valence-corrected chi connectivity index (χ1v) is 3.73. The summed E-state index contributed by atoms with van der Waals surface area (Å²) in [5, 5.41) is 33.8. The number of hydrogen-bond acceptors (Lipinski definition) is 5. The minimum absolute atomic E-state index is 1.14. The Morgan fingerprint density at radius 2 is 1.20 bits per heavy atom. The summed E-state index contributed by atoms with van der Waals surface area (Å²) in [6, 6.07) is 0. The molecule has 0 aromatic carbocycles. The van der Waals surface area contributed by atoms with E-state index in [1.807, 2.05) is 0 Å². The standard InChI is InChI=1S/C6H8O7.Co.O/c7-3(8)1-6(13,5(11)12)2-4(9)10;;/h13H,1-2H2,(H,7,8)(H,9,10)(H,11,12);;. The van der Waals surface area contributed by atoms with Crippen molar-refractivity contribution in [2.75, 3.05) is 0 Å². The molecule has 4 N–H and O–H groups in total. The maximum atomic E-state index is 10.3. The van der Waals surface area contributed by atoms with Crippen LogP contribution in [0.4, 0.5) is 0 Å². The SMILES string of the molecule is O=C(O)CC(O)(CC(=O)O)C(=O)O.[O]=[Co]. The normalized spacial score (nSPS) is 9.73. The van der Waals surface area contributed by atoms with Crippen molar-refractivity contribution in [2.24, 2.45) is 0 Å². The second kappa shape index (κ2) is 7.03. The van der Waals surface area contributed by atoms with Crippen LogP contribution in [-0.4, -0.2) is 43.9 Å². The van der Waals surface area contributed by atoms with Gasteiger partial charge in [0.25, 0.3) is 0 Å². The van der Waals surface area contributed by atoms with Gasteiger partial charge in [0.05, 0.1) is 12.8 Å². The summed E-state index contributed by atoms with van der Waals surface area (Å²) in [6.45, 7) is 0. The number of carbonyl (C=O) groups is 3. The summed E-state index contributed by atoms with van der Waals surface area (Å²) in [7, 11) is 0. The van der Waals surface area contributed by atoms with Gasteiger partial charge in [-0.3, -0.25) is 9.59 Å². The third-order valence-corrected chi connectivity index (χ3v) is 1.29. The zero-order chi connectivity index (χ0) is 12.6. The van der Waals surface area contributed by atoms with E-state index in [1.165, 1.54) is 0 Å². The minimum atomic E-state index is -2.74. The average Bonchev–Trinajstić information content (AvgIpc) is 2.04. The van der Waals surface area contributed by atoms with Crippen LogP contribution in [0.5, 0.6) is 0 Å². The van der Waals surface area contributed by atoms with Crippen molar-refractivity contribution in [2.45, 2.75) is 18.4 Å². The van der Waals surface area contributed by atoms with Crippen LogP contribution in [0.1, 0.15) is 12.8 Å². The molecule has 0 saturated heterocycles. The zero-order valence-corrected chi connectivity index (χ0v) is 8.21. The van der Waals surface area contributed by atoms with Crippen molar-refractivity contribution >= 4 is 17.9 Å². The van der Waals surface area contributed by atoms with E-state index < -0.39 is 36.4 Å². The van der Waals surface area contributed by atoms with Crippen LogP contribution in [0.15, 0.2) is 0 Å². The van der Waals surface area contributed by atoms with E-state index in [0.717, 1.165) is 0 Å². The molecule has 0 fully saturated rings. The van der Waals surface area contributed by atoms with Gasteiger partial charge in [0.1, 0.15) is 0 Å². The topological polar surface area (TPSA) is 149 Å². The summed E-state index contributed by atoms with van der Waals surface area (Å²) in [5.41, 5.74) is -2.74. The van der Waals surface area contributed by atoms with Gasteiger partial charge in [-0.2, -0.15) is 0 Å². The number of hydrogen-bond donors (Lipinski definition) is 4. The van der Waals surface area contributed by atoms with E-state index in [1.54, 1.807) is 0 Å². The Balaban J connectivity index is 0. The molecular weight excluding hydrogens is 259 g/mol. The fraction of sp³-hybridized carbons (Fsp3) is 0.500. The van der Waals surface area contributed by atoms with Crippen LogP contribution < -0.4 is 0 Å².